The van der Waals surface area contributed by atoms with Crippen LogP contribution in [0.4, 0.5) is 0 Å². The molecule has 1 unspecified atom stereocenters. The molecule has 2 aromatic rings. The number of aromatic hydroxyl groups is 1. The van der Waals surface area contributed by atoms with Crippen molar-refractivity contribution in [2.24, 2.45) is 5.92 Å². The zero-order valence-corrected chi connectivity index (χ0v) is 12.7. The summed E-state index contributed by atoms with van der Waals surface area (Å²) in [4.78, 5) is 2.50. The van der Waals surface area contributed by atoms with Gasteiger partial charge in [0, 0.05) is 18.7 Å². The first-order valence-electron chi connectivity index (χ1n) is 7.90. The molecule has 1 aliphatic rings. The summed E-state index contributed by atoms with van der Waals surface area (Å²) in [5.74, 6) is 1.13. The second-order valence-corrected chi connectivity index (χ2v) is 5.96. The van der Waals surface area contributed by atoms with Crippen molar-refractivity contribution in [1.29, 1.82) is 0 Å². The first-order chi connectivity index (χ1) is 10.3. The number of phenols is 1. The second kappa shape index (κ2) is 6.46. The highest BCUT2D eigenvalue weighted by Crippen LogP contribution is 2.27. The Balaban J connectivity index is 1.64. The molecule has 0 aliphatic carbocycles. The number of phenolic OH excluding ortho intramolecular Hbond substituents is 1. The van der Waals surface area contributed by atoms with Gasteiger partial charge in [-0.05, 0) is 48.8 Å². The Morgan fingerprint density at radius 3 is 2.90 bits per heavy atom. The molecular formula is C18H24N2O. The molecule has 1 fully saturated rings. The van der Waals surface area contributed by atoms with E-state index in [1.54, 1.807) is 6.07 Å². The number of rotatable bonds is 5. The van der Waals surface area contributed by atoms with Gasteiger partial charge in [-0.3, -0.25) is 0 Å². The summed E-state index contributed by atoms with van der Waals surface area (Å²) >= 11 is 0. The van der Waals surface area contributed by atoms with Crippen molar-refractivity contribution in [2.75, 3.05) is 26.2 Å². The number of hydrogen-bond acceptors (Lipinski definition) is 3. The number of nitrogens with zero attached hydrogens (tertiary/aromatic N) is 1. The smallest absolute Gasteiger partial charge is 0.120 e. The van der Waals surface area contributed by atoms with Gasteiger partial charge in [0.15, 0.2) is 0 Å². The number of likely N-dealkylation sites (tertiary alicyclic amines) is 1. The molecule has 1 atom stereocenters. The first kappa shape index (κ1) is 14.4. The van der Waals surface area contributed by atoms with E-state index in [0.717, 1.165) is 36.5 Å². The van der Waals surface area contributed by atoms with Crippen LogP contribution in [-0.4, -0.2) is 36.2 Å². The standard InChI is InChI=1S/C18H24N2O/c1-2-20-10-9-14(13-20)11-19-12-17-16-6-4-3-5-15(16)7-8-18(17)21/h3-8,14,19,21H,2,9-13H2,1H3. The van der Waals surface area contributed by atoms with E-state index in [2.05, 4.69) is 29.3 Å². The van der Waals surface area contributed by atoms with E-state index in [0.29, 0.717) is 5.75 Å². The topological polar surface area (TPSA) is 35.5 Å². The molecule has 0 aromatic heterocycles. The third-order valence-corrected chi connectivity index (χ3v) is 4.57. The van der Waals surface area contributed by atoms with Crippen LogP contribution in [0.5, 0.6) is 5.75 Å². The number of hydrogen-bond donors (Lipinski definition) is 2. The summed E-state index contributed by atoms with van der Waals surface area (Å²) in [6.45, 7) is 7.56. The molecule has 2 aromatic carbocycles. The van der Waals surface area contributed by atoms with E-state index in [1.165, 1.54) is 24.9 Å². The number of fused-ring (bicyclic) bond motifs is 1. The molecule has 2 N–H and O–H groups in total. The Morgan fingerprint density at radius 2 is 2.10 bits per heavy atom. The van der Waals surface area contributed by atoms with Gasteiger partial charge in [0.25, 0.3) is 0 Å². The largest absolute Gasteiger partial charge is 0.508 e. The monoisotopic (exact) mass is 284 g/mol. The van der Waals surface area contributed by atoms with Crippen molar-refractivity contribution >= 4 is 10.8 Å². The Bertz CT molecular complexity index is 611. The zero-order valence-electron chi connectivity index (χ0n) is 12.7. The van der Waals surface area contributed by atoms with Gasteiger partial charge in [0.1, 0.15) is 5.75 Å². The highest BCUT2D eigenvalue weighted by Gasteiger charge is 2.20. The van der Waals surface area contributed by atoms with E-state index in [4.69, 9.17) is 0 Å². The fraction of sp³-hybridized carbons (Fsp3) is 0.444. The van der Waals surface area contributed by atoms with Gasteiger partial charge in [0.05, 0.1) is 0 Å². The molecular weight excluding hydrogens is 260 g/mol. The van der Waals surface area contributed by atoms with Crippen molar-refractivity contribution < 1.29 is 5.11 Å². The molecule has 112 valence electrons. The predicted molar refractivity (Wildman–Crippen MR) is 87.5 cm³/mol. The lowest BCUT2D eigenvalue weighted by Crippen LogP contribution is -2.26. The fourth-order valence-electron chi connectivity index (χ4n) is 3.28. The minimum absolute atomic E-state index is 0.391. The molecule has 1 heterocycles. The third-order valence-electron chi connectivity index (χ3n) is 4.57. The van der Waals surface area contributed by atoms with E-state index in [-0.39, 0.29) is 0 Å². The molecule has 3 rings (SSSR count). The molecule has 0 radical (unpaired) electrons. The van der Waals surface area contributed by atoms with Crippen molar-refractivity contribution in [3.05, 3.63) is 42.0 Å². The van der Waals surface area contributed by atoms with Crippen LogP contribution in [0.2, 0.25) is 0 Å². The van der Waals surface area contributed by atoms with Crippen molar-refractivity contribution in [2.45, 2.75) is 19.9 Å². The lowest BCUT2D eigenvalue weighted by atomic mass is 10.0. The average Bonchev–Trinajstić information content (AvgIpc) is 2.97. The Labute approximate surface area is 126 Å². The summed E-state index contributed by atoms with van der Waals surface area (Å²) in [6.07, 6.45) is 1.28. The fourth-order valence-corrected chi connectivity index (χ4v) is 3.28. The predicted octanol–water partition coefficient (Wildman–Crippen LogP) is 2.98. The van der Waals surface area contributed by atoms with Gasteiger partial charge in [-0.1, -0.05) is 37.3 Å². The van der Waals surface area contributed by atoms with Gasteiger partial charge in [0.2, 0.25) is 0 Å². The van der Waals surface area contributed by atoms with Crippen LogP contribution in [0.15, 0.2) is 36.4 Å². The maximum Gasteiger partial charge on any atom is 0.120 e. The lowest BCUT2D eigenvalue weighted by molar-refractivity contribution is 0.338. The SMILES string of the molecule is CCN1CCC(CNCc2c(O)ccc3ccccc23)C1. The van der Waals surface area contributed by atoms with Crippen LogP contribution in [-0.2, 0) is 6.54 Å². The highest BCUT2D eigenvalue weighted by atomic mass is 16.3. The van der Waals surface area contributed by atoms with Crippen molar-refractivity contribution in [3.8, 4) is 5.75 Å². The van der Waals surface area contributed by atoms with E-state index >= 15 is 0 Å². The van der Waals surface area contributed by atoms with Crippen LogP contribution in [0, 0.1) is 5.92 Å². The zero-order chi connectivity index (χ0) is 14.7. The summed E-state index contributed by atoms with van der Waals surface area (Å²) in [7, 11) is 0. The van der Waals surface area contributed by atoms with Gasteiger partial charge < -0.3 is 15.3 Å². The van der Waals surface area contributed by atoms with Crippen LogP contribution in [0.1, 0.15) is 18.9 Å². The van der Waals surface area contributed by atoms with Crippen LogP contribution < -0.4 is 5.32 Å². The summed E-state index contributed by atoms with van der Waals surface area (Å²) in [6, 6.07) is 12.0. The number of nitrogens with one attached hydrogen (secondary N) is 1. The third kappa shape index (κ3) is 3.20. The van der Waals surface area contributed by atoms with E-state index < -0.39 is 0 Å². The van der Waals surface area contributed by atoms with Crippen molar-refractivity contribution in [1.82, 2.24) is 10.2 Å². The van der Waals surface area contributed by atoms with Crippen molar-refractivity contribution in [3.63, 3.8) is 0 Å². The summed E-state index contributed by atoms with van der Waals surface area (Å²) in [5.41, 5.74) is 1.01. The maximum absolute atomic E-state index is 10.1. The molecule has 1 saturated heterocycles. The summed E-state index contributed by atoms with van der Waals surface area (Å²) in [5, 5.41) is 16.0. The van der Waals surface area contributed by atoms with Crippen LogP contribution in [0.3, 0.4) is 0 Å². The molecule has 0 saturated carbocycles. The molecule has 3 nitrogen and oxygen atoms in total. The van der Waals surface area contributed by atoms with E-state index in [1.807, 2.05) is 18.2 Å². The second-order valence-electron chi connectivity index (χ2n) is 5.96. The Kier molecular flexibility index (Phi) is 4.42. The van der Waals surface area contributed by atoms with Gasteiger partial charge in [-0.2, -0.15) is 0 Å². The molecule has 21 heavy (non-hydrogen) atoms. The highest BCUT2D eigenvalue weighted by molar-refractivity contribution is 5.87. The lowest BCUT2D eigenvalue weighted by Gasteiger charge is -2.15. The molecule has 1 aliphatic heterocycles. The Morgan fingerprint density at radius 1 is 1.24 bits per heavy atom. The minimum Gasteiger partial charge on any atom is -0.508 e. The average molecular weight is 284 g/mol. The minimum atomic E-state index is 0.391. The number of benzene rings is 2. The maximum atomic E-state index is 10.1. The normalized spacial score (nSPS) is 19.4. The van der Waals surface area contributed by atoms with Crippen LogP contribution >= 0.6 is 0 Å². The molecule has 0 amide bonds. The quantitative estimate of drug-likeness (QED) is 0.886. The first-order valence-corrected chi connectivity index (χ1v) is 7.90. The molecule has 0 bridgehead atoms. The van der Waals surface area contributed by atoms with Gasteiger partial charge in [-0.25, -0.2) is 0 Å². The van der Waals surface area contributed by atoms with Crippen LogP contribution in [0.25, 0.3) is 10.8 Å². The van der Waals surface area contributed by atoms with Gasteiger partial charge >= 0.3 is 0 Å². The Hall–Kier alpha value is -1.58. The van der Waals surface area contributed by atoms with E-state index in [9.17, 15) is 5.11 Å². The molecule has 0 spiro atoms. The van der Waals surface area contributed by atoms with Gasteiger partial charge in [-0.15, -0.1) is 0 Å². The molecule has 3 heteroatoms. The summed E-state index contributed by atoms with van der Waals surface area (Å²) < 4.78 is 0.